The number of nitrogens with zero attached hydrogens (tertiary/aromatic N) is 2. The first-order valence-corrected chi connectivity index (χ1v) is 8.91. The van der Waals surface area contributed by atoms with E-state index >= 15 is 0 Å². The van der Waals surface area contributed by atoms with Crippen molar-refractivity contribution in [2.45, 2.75) is 13.0 Å². The predicted octanol–water partition coefficient (Wildman–Crippen LogP) is 2.20. The highest BCUT2D eigenvalue weighted by molar-refractivity contribution is 6.32. The van der Waals surface area contributed by atoms with Crippen molar-refractivity contribution in [2.75, 3.05) is 19.1 Å². The number of amides is 2. The molecule has 4 rings (SSSR count). The fraction of sp³-hybridized carbons (Fsp3) is 0.238. The second-order valence-electron chi connectivity index (χ2n) is 6.66. The standard InChI is InChI=1S/C21H18N2O6/c1-11(24)12-4-6-13(7-5-12)23-20(25)17-18(22-29-19(17)21(23)26)15-9-8-14(27-2)10-16(15)28-3/h4-10,17,19H,1-3H3/t17-,19-/m0/s1. The molecule has 0 aromatic heterocycles. The summed E-state index contributed by atoms with van der Waals surface area (Å²) in [6, 6.07) is 11.4. The number of benzene rings is 2. The van der Waals surface area contributed by atoms with Crippen molar-refractivity contribution in [2.24, 2.45) is 11.1 Å². The van der Waals surface area contributed by atoms with E-state index in [1.54, 1.807) is 42.5 Å². The summed E-state index contributed by atoms with van der Waals surface area (Å²) in [4.78, 5) is 43.8. The molecule has 29 heavy (non-hydrogen) atoms. The predicted molar refractivity (Wildman–Crippen MR) is 103 cm³/mol. The van der Waals surface area contributed by atoms with Crippen LogP contribution >= 0.6 is 0 Å². The maximum absolute atomic E-state index is 13.1. The summed E-state index contributed by atoms with van der Waals surface area (Å²) in [6.07, 6.45) is -1.03. The summed E-state index contributed by atoms with van der Waals surface area (Å²) in [5, 5.41) is 4.00. The van der Waals surface area contributed by atoms with Crippen LogP contribution in [0.5, 0.6) is 11.5 Å². The fourth-order valence-corrected chi connectivity index (χ4v) is 3.51. The van der Waals surface area contributed by atoms with Crippen LogP contribution < -0.4 is 14.4 Å². The molecule has 2 aromatic rings. The average molecular weight is 394 g/mol. The van der Waals surface area contributed by atoms with Crippen molar-refractivity contribution < 1.29 is 28.7 Å². The highest BCUT2D eigenvalue weighted by Crippen LogP contribution is 2.38. The molecule has 2 aromatic carbocycles. The van der Waals surface area contributed by atoms with E-state index in [1.165, 1.54) is 21.1 Å². The van der Waals surface area contributed by atoms with Crippen LogP contribution in [0.2, 0.25) is 0 Å². The number of carbonyl (C=O) groups is 3. The summed E-state index contributed by atoms with van der Waals surface area (Å²) >= 11 is 0. The van der Waals surface area contributed by atoms with Crippen molar-refractivity contribution in [3.8, 4) is 11.5 Å². The summed E-state index contributed by atoms with van der Waals surface area (Å²) in [6.45, 7) is 1.45. The third-order valence-electron chi connectivity index (χ3n) is 5.03. The van der Waals surface area contributed by atoms with Gasteiger partial charge in [-0.25, -0.2) is 4.90 Å². The van der Waals surface area contributed by atoms with Gasteiger partial charge in [0.05, 0.1) is 19.9 Å². The SMILES string of the molecule is COc1ccc(C2=NO[C@@H]3C(=O)N(c4ccc(C(C)=O)cc4)C(=O)[C@@H]23)c(OC)c1. The van der Waals surface area contributed by atoms with Crippen LogP contribution in [-0.2, 0) is 14.4 Å². The molecule has 0 N–H and O–H groups in total. The van der Waals surface area contributed by atoms with Crippen molar-refractivity contribution in [1.29, 1.82) is 0 Å². The number of hydrogen-bond acceptors (Lipinski definition) is 7. The lowest BCUT2D eigenvalue weighted by Gasteiger charge is -2.16. The molecule has 0 bridgehead atoms. The van der Waals surface area contributed by atoms with E-state index < -0.39 is 23.8 Å². The maximum Gasteiger partial charge on any atom is 0.278 e. The molecule has 148 valence electrons. The van der Waals surface area contributed by atoms with Gasteiger partial charge in [0.1, 0.15) is 23.1 Å². The number of ether oxygens (including phenoxy) is 2. The van der Waals surface area contributed by atoms with Gasteiger partial charge in [-0.05, 0) is 43.3 Å². The molecular formula is C21H18N2O6. The highest BCUT2D eigenvalue weighted by atomic mass is 16.7. The van der Waals surface area contributed by atoms with Crippen LogP contribution in [0, 0.1) is 5.92 Å². The minimum absolute atomic E-state index is 0.100. The Kier molecular flexibility index (Phi) is 4.54. The molecule has 2 aliphatic rings. The molecule has 8 heteroatoms. The monoisotopic (exact) mass is 394 g/mol. The number of carbonyl (C=O) groups excluding carboxylic acids is 3. The zero-order chi connectivity index (χ0) is 20.7. The molecule has 0 aliphatic carbocycles. The van der Waals surface area contributed by atoms with Gasteiger partial charge in [-0.15, -0.1) is 0 Å². The molecule has 0 spiro atoms. The number of oxime groups is 1. The van der Waals surface area contributed by atoms with Gasteiger partial charge in [-0.1, -0.05) is 5.16 Å². The van der Waals surface area contributed by atoms with Crippen LogP contribution in [0.1, 0.15) is 22.8 Å². The Morgan fingerprint density at radius 3 is 2.38 bits per heavy atom. The molecule has 2 atom stereocenters. The van der Waals surface area contributed by atoms with Crippen LogP contribution in [0.25, 0.3) is 0 Å². The quantitative estimate of drug-likeness (QED) is 0.570. The molecule has 0 radical (unpaired) electrons. The molecule has 1 saturated heterocycles. The number of fused-ring (bicyclic) bond motifs is 1. The Balaban J connectivity index is 1.68. The largest absolute Gasteiger partial charge is 0.497 e. The Bertz CT molecular complexity index is 1040. The number of methoxy groups -OCH3 is 2. The molecule has 2 aliphatic heterocycles. The van der Waals surface area contributed by atoms with Crippen molar-refractivity contribution in [1.82, 2.24) is 0 Å². The van der Waals surface area contributed by atoms with Gasteiger partial charge in [0.25, 0.3) is 5.91 Å². The number of ketones is 1. The smallest absolute Gasteiger partial charge is 0.278 e. The fourth-order valence-electron chi connectivity index (χ4n) is 3.51. The molecule has 2 heterocycles. The van der Waals surface area contributed by atoms with Gasteiger partial charge in [0, 0.05) is 17.2 Å². The Hall–Kier alpha value is -3.68. The van der Waals surface area contributed by atoms with E-state index in [2.05, 4.69) is 5.16 Å². The topological polar surface area (TPSA) is 94.5 Å². The van der Waals surface area contributed by atoms with Crippen LogP contribution in [0.15, 0.2) is 47.6 Å². The van der Waals surface area contributed by atoms with Gasteiger partial charge in [0.2, 0.25) is 12.0 Å². The van der Waals surface area contributed by atoms with E-state index in [9.17, 15) is 14.4 Å². The zero-order valence-electron chi connectivity index (χ0n) is 16.0. The average Bonchev–Trinajstić information content (AvgIpc) is 3.27. The second-order valence-corrected chi connectivity index (χ2v) is 6.66. The van der Waals surface area contributed by atoms with Crippen LogP contribution in [-0.4, -0.2) is 43.6 Å². The third-order valence-corrected chi connectivity index (χ3v) is 5.03. The zero-order valence-corrected chi connectivity index (χ0v) is 16.0. The number of rotatable bonds is 5. The summed E-state index contributed by atoms with van der Waals surface area (Å²) in [7, 11) is 3.03. The van der Waals surface area contributed by atoms with E-state index in [4.69, 9.17) is 14.3 Å². The van der Waals surface area contributed by atoms with E-state index in [1.807, 2.05) is 0 Å². The normalized spacial score (nSPS) is 20.2. The lowest BCUT2D eigenvalue weighted by molar-refractivity contribution is -0.126. The highest BCUT2D eigenvalue weighted by Gasteiger charge is 2.56. The Labute approximate surface area is 166 Å². The van der Waals surface area contributed by atoms with Crippen molar-refractivity contribution in [3.05, 3.63) is 53.6 Å². The first-order valence-electron chi connectivity index (χ1n) is 8.91. The van der Waals surface area contributed by atoms with Gasteiger partial charge in [0.15, 0.2) is 5.78 Å². The first-order chi connectivity index (χ1) is 14.0. The van der Waals surface area contributed by atoms with Crippen molar-refractivity contribution >= 4 is 29.0 Å². The molecule has 0 saturated carbocycles. The lowest BCUT2D eigenvalue weighted by atomic mass is 9.93. The number of anilines is 1. The summed E-state index contributed by atoms with van der Waals surface area (Å²) in [5.74, 6) is -0.875. The number of Topliss-reactive ketones (excluding diaryl/α,β-unsaturated/α-hetero) is 1. The maximum atomic E-state index is 13.1. The van der Waals surface area contributed by atoms with Crippen LogP contribution in [0.3, 0.4) is 0 Å². The van der Waals surface area contributed by atoms with Gasteiger partial charge in [-0.3, -0.25) is 14.4 Å². The van der Waals surface area contributed by atoms with Gasteiger partial charge < -0.3 is 14.3 Å². The molecule has 8 nitrogen and oxygen atoms in total. The van der Waals surface area contributed by atoms with E-state index in [0.29, 0.717) is 34.0 Å². The third kappa shape index (κ3) is 2.93. The Morgan fingerprint density at radius 2 is 1.76 bits per heavy atom. The van der Waals surface area contributed by atoms with E-state index in [-0.39, 0.29) is 5.78 Å². The van der Waals surface area contributed by atoms with E-state index in [0.717, 1.165) is 4.90 Å². The van der Waals surface area contributed by atoms with Crippen molar-refractivity contribution in [3.63, 3.8) is 0 Å². The van der Waals surface area contributed by atoms with Gasteiger partial charge in [-0.2, -0.15) is 0 Å². The Morgan fingerprint density at radius 1 is 1.03 bits per heavy atom. The summed E-state index contributed by atoms with van der Waals surface area (Å²) in [5.41, 5.74) is 1.75. The number of hydrogen-bond donors (Lipinski definition) is 0. The summed E-state index contributed by atoms with van der Waals surface area (Å²) < 4.78 is 10.6. The minimum atomic E-state index is -1.03. The lowest BCUT2D eigenvalue weighted by Crippen LogP contribution is -2.33. The minimum Gasteiger partial charge on any atom is -0.497 e. The number of imide groups is 1. The molecular weight excluding hydrogens is 376 g/mol. The van der Waals surface area contributed by atoms with Gasteiger partial charge >= 0.3 is 0 Å². The molecule has 0 unspecified atom stereocenters. The molecule has 1 fully saturated rings. The first kappa shape index (κ1) is 18.7. The second kappa shape index (κ2) is 7.05. The van der Waals surface area contributed by atoms with Crippen LogP contribution in [0.4, 0.5) is 5.69 Å². The molecule has 2 amide bonds.